The second kappa shape index (κ2) is 6.90. The van der Waals surface area contributed by atoms with Gasteiger partial charge in [0.25, 0.3) is 5.91 Å². The highest BCUT2D eigenvalue weighted by molar-refractivity contribution is 6.35. The SMILES string of the molecule is CC(C(=O)Nc1cc(Cl)ccc1Cl)N1C(=O)C(C)(C)Oc2ccc(N)nc21. The Hall–Kier alpha value is -2.51. The fraction of sp³-hybridized carbons (Fsp3) is 0.278. The molecule has 0 bridgehead atoms. The quantitative estimate of drug-likeness (QED) is 0.809. The van der Waals surface area contributed by atoms with Crippen molar-refractivity contribution < 1.29 is 14.3 Å². The summed E-state index contributed by atoms with van der Waals surface area (Å²) in [7, 11) is 0. The van der Waals surface area contributed by atoms with E-state index in [4.69, 9.17) is 33.7 Å². The molecule has 2 amide bonds. The molecule has 1 aromatic carbocycles. The van der Waals surface area contributed by atoms with Crippen LogP contribution >= 0.6 is 23.2 Å². The first-order valence-corrected chi connectivity index (χ1v) is 8.91. The van der Waals surface area contributed by atoms with Crippen LogP contribution in [-0.4, -0.2) is 28.4 Å². The Labute approximate surface area is 166 Å². The number of ether oxygens (including phenoxy) is 1. The van der Waals surface area contributed by atoms with Crippen LogP contribution in [0.5, 0.6) is 5.75 Å². The van der Waals surface area contributed by atoms with Gasteiger partial charge in [-0.2, -0.15) is 0 Å². The number of fused-ring (bicyclic) bond motifs is 1. The van der Waals surface area contributed by atoms with Crippen molar-refractivity contribution in [2.75, 3.05) is 16.0 Å². The van der Waals surface area contributed by atoms with Gasteiger partial charge in [0, 0.05) is 5.02 Å². The monoisotopic (exact) mass is 408 g/mol. The molecule has 0 radical (unpaired) electrons. The molecule has 9 heteroatoms. The second-order valence-corrected chi connectivity index (χ2v) is 7.48. The molecule has 1 aliphatic rings. The zero-order chi connectivity index (χ0) is 19.9. The van der Waals surface area contributed by atoms with Crippen molar-refractivity contribution in [2.24, 2.45) is 0 Å². The predicted octanol–water partition coefficient (Wildman–Crippen LogP) is 3.50. The van der Waals surface area contributed by atoms with Gasteiger partial charge in [0.2, 0.25) is 5.91 Å². The minimum Gasteiger partial charge on any atom is -0.474 e. The number of hydrogen-bond acceptors (Lipinski definition) is 5. The summed E-state index contributed by atoms with van der Waals surface area (Å²) in [6.45, 7) is 4.84. The van der Waals surface area contributed by atoms with Crippen LogP contribution in [0.1, 0.15) is 20.8 Å². The highest BCUT2D eigenvalue weighted by Crippen LogP contribution is 2.38. The van der Waals surface area contributed by atoms with Crippen molar-refractivity contribution >= 4 is 52.3 Å². The number of rotatable bonds is 3. The molecule has 0 aliphatic carbocycles. The van der Waals surface area contributed by atoms with E-state index in [1.165, 1.54) is 11.0 Å². The third-order valence-corrected chi connectivity index (χ3v) is 4.71. The maximum atomic E-state index is 12.9. The van der Waals surface area contributed by atoms with Gasteiger partial charge in [-0.3, -0.25) is 14.5 Å². The number of benzene rings is 1. The van der Waals surface area contributed by atoms with E-state index in [9.17, 15) is 9.59 Å². The van der Waals surface area contributed by atoms with E-state index in [2.05, 4.69) is 10.3 Å². The number of carbonyl (C=O) groups excluding carboxylic acids is 2. The average molecular weight is 409 g/mol. The van der Waals surface area contributed by atoms with Crippen molar-refractivity contribution in [2.45, 2.75) is 32.4 Å². The number of nitrogens with one attached hydrogen (secondary N) is 1. The molecule has 0 spiro atoms. The molecule has 0 fully saturated rings. The van der Waals surface area contributed by atoms with Crippen molar-refractivity contribution in [3.63, 3.8) is 0 Å². The van der Waals surface area contributed by atoms with Gasteiger partial charge in [-0.15, -0.1) is 0 Å². The number of amides is 2. The van der Waals surface area contributed by atoms with Crippen LogP contribution in [-0.2, 0) is 9.59 Å². The fourth-order valence-corrected chi connectivity index (χ4v) is 3.05. The first-order chi connectivity index (χ1) is 12.6. The van der Waals surface area contributed by atoms with E-state index < -0.39 is 23.5 Å². The van der Waals surface area contributed by atoms with Crippen molar-refractivity contribution in [3.05, 3.63) is 40.4 Å². The summed E-state index contributed by atoms with van der Waals surface area (Å²) in [5, 5.41) is 3.44. The molecule has 3 N–H and O–H groups in total. The Balaban J connectivity index is 1.96. The van der Waals surface area contributed by atoms with Crippen LogP contribution in [0, 0.1) is 0 Å². The van der Waals surface area contributed by atoms with Gasteiger partial charge in [-0.1, -0.05) is 23.2 Å². The summed E-state index contributed by atoms with van der Waals surface area (Å²) in [5.74, 6) is -0.0953. The maximum Gasteiger partial charge on any atom is 0.272 e. The van der Waals surface area contributed by atoms with E-state index in [1.54, 1.807) is 45.0 Å². The molecule has 27 heavy (non-hydrogen) atoms. The lowest BCUT2D eigenvalue weighted by Gasteiger charge is -2.40. The summed E-state index contributed by atoms with van der Waals surface area (Å²) in [6.07, 6.45) is 0. The van der Waals surface area contributed by atoms with Gasteiger partial charge >= 0.3 is 0 Å². The molecule has 0 saturated carbocycles. The summed E-state index contributed by atoms with van der Waals surface area (Å²) in [5.41, 5.74) is 4.95. The minimum atomic E-state index is -1.16. The molecule has 2 aromatic rings. The van der Waals surface area contributed by atoms with E-state index >= 15 is 0 Å². The highest BCUT2D eigenvalue weighted by atomic mass is 35.5. The predicted molar refractivity (Wildman–Crippen MR) is 105 cm³/mol. The second-order valence-electron chi connectivity index (χ2n) is 6.63. The molecule has 7 nitrogen and oxygen atoms in total. The molecular formula is C18H18Cl2N4O3. The van der Waals surface area contributed by atoms with Crippen LogP contribution in [0.25, 0.3) is 0 Å². The third-order valence-electron chi connectivity index (χ3n) is 4.14. The lowest BCUT2D eigenvalue weighted by molar-refractivity contribution is -0.134. The van der Waals surface area contributed by atoms with Crippen LogP contribution in [0.15, 0.2) is 30.3 Å². The Kier molecular flexibility index (Phi) is 4.92. The summed E-state index contributed by atoms with van der Waals surface area (Å²) >= 11 is 12.1. The number of hydrogen-bond donors (Lipinski definition) is 2. The highest BCUT2D eigenvalue weighted by Gasteiger charge is 2.45. The minimum absolute atomic E-state index is 0.194. The van der Waals surface area contributed by atoms with E-state index in [0.29, 0.717) is 21.5 Å². The van der Waals surface area contributed by atoms with Crippen LogP contribution < -0.4 is 20.7 Å². The maximum absolute atomic E-state index is 12.9. The topological polar surface area (TPSA) is 97.5 Å². The third kappa shape index (κ3) is 3.65. The molecule has 142 valence electrons. The number of nitrogens with two attached hydrogens (primary N) is 1. The normalized spacial score (nSPS) is 16.3. The largest absolute Gasteiger partial charge is 0.474 e. The molecule has 1 aromatic heterocycles. The standard InChI is InChI=1S/C18H18Cl2N4O3/c1-9(16(25)22-12-8-10(19)4-5-11(12)20)24-15-13(6-7-14(21)23-15)27-18(2,3)17(24)26/h4-9H,1-3H3,(H2,21,23)(H,22,25). The van der Waals surface area contributed by atoms with Gasteiger partial charge in [0.05, 0.1) is 10.7 Å². The Morgan fingerprint density at radius 1 is 1.30 bits per heavy atom. The number of carbonyl (C=O) groups is 2. The molecule has 3 rings (SSSR count). The summed E-state index contributed by atoms with van der Waals surface area (Å²) in [4.78, 5) is 31.2. The molecule has 1 aliphatic heterocycles. The number of nitrogens with zero attached hydrogens (tertiary/aromatic N) is 2. The number of nitrogen functional groups attached to an aromatic ring is 1. The molecular weight excluding hydrogens is 391 g/mol. The van der Waals surface area contributed by atoms with E-state index in [0.717, 1.165) is 0 Å². The lowest BCUT2D eigenvalue weighted by Crippen LogP contribution is -2.58. The smallest absolute Gasteiger partial charge is 0.272 e. The van der Waals surface area contributed by atoms with Crippen molar-refractivity contribution in [1.29, 1.82) is 0 Å². The Bertz CT molecular complexity index is 933. The number of aromatic nitrogens is 1. The number of anilines is 3. The fourth-order valence-electron chi connectivity index (χ4n) is 2.71. The van der Waals surface area contributed by atoms with Crippen LogP contribution in [0.2, 0.25) is 10.0 Å². The van der Waals surface area contributed by atoms with E-state index in [-0.39, 0.29) is 11.6 Å². The van der Waals surface area contributed by atoms with Crippen molar-refractivity contribution in [3.8, 4) is 5.75 Å². The molecule has 0 saturated heterocycles. The Morgan fingerprint density at radius 2 is 2.00 bits per heavy atom. The zero-order valence-electron chi connectivity index (χ0n) is 14.9. The van der Waals surface area contributed by atoms with Crippen LogP contribution in [0.3, 0.4) is 0 Å². The molecule has 2 heterocycles. The molecule has 1 unspecified atom stereocenters. The van der Waals surface area contributed by atoms with Crippen LogP contribution in [0.4, 0.5) is 17.3 Å². The zero-order valence-corrected chi connectivity index (χ0v) is 16.4. The van der Waals surface area contributed by atoms with Gasteiger partial charge in [-0.05, 0) is 51.1 Å². The molecule has 1 atom stereocenters. The average Bonchev–Trinajstić information content (AvgIpc) is 2.59. The van der Waals surface area contributed by atoms with Gasteiger partial charge in [-0.25, -0.2) is 4.98 Å². The Morgan fingerprint density at radius 3 is 2.70 bits per heavy atom. The van der Waals surface area contributed by atoms with Gasteiger partial charge < -0.3 is 15.8 Å². The first-order valence-electron chi connectivity index (χ1n) is 8.15. The van der Waals surface area contributed by atoms with E-state index in [1.807, 2.05) is 0 Å². The number of halogens is 2. The summed E-state index contributed by atoms with van der Waals surface area (Å²) < 4.78 is 5.72. The van der Waals surface area contributed by atoms with Gasteiger partial charge in [0.15, 0.2) is 17.2 Å². The summed E-state index contributed by atoms with van der Waals surface area (Å²) in [6, 6.07) is 7.01. The number of pyridine rings is 1. The van der Waals surface area contributed by atoms with Crippen molar-refractivity contribution in [1.82, 2.24) is 4.98 Å². The van der Waals surface area contributed by atoms with Gasteiger partial charge in [0.1, 0.15) is 11.9 Å². The lowest BCUT2D eigenvalue weighted by atomic mass is 10.0. The first kappa shape index (κ1) is 19.3.